The first-order chi connectivity index (χ1) is 16.9. The summed E-state index contributed by atoms with van der Waals surface area (Å²) in [5, 5.41) is 9.18. The molecule has 0 bridgehead atoms. The Hall–Kier alpha value is -2.72. The van der Waals surface area contributed by atoms with Crippen LogP contribution in [0.15, 0.2) is 53.0 Å². The number of ether oxygens (including phenoxy) is 1. The maximum absolute atomic E-state index is 13.2. The number of halogens is 1. The highest BCUT2D eigenvalue weighted by molar-refractivity contribution is 14.1. The summed E-state index contributed by atoms with van der Waals surface area (Å²) in [6.45, 7) is 3.64. The van der Waals surface area contributed by atoms with Gasteiger partial charge in [0.2, 0.25) is 5.91 Å². The molecule has 2 aromatic rings. The summed E-state index contributed by atoms with van der Waals surface area (Å²) in [6, 6.07) is 13.7. The van der Waals surface area contributed by atoms with E-state index in [0.29, 0.717) is 43.2 Å². The van der Waals surface area contributed by atoms with Crippen LogP contribution in [0.3, 0.4) is 0 Å². The zero-order valence-corrected chi connectivity index (χ0v) is 22.2. The smallest absolute Gasteiger partial charge is 0.310 e. The maximum atomic E-state index is 13.2. The van der Waals surface area contributed by atoms with Crippen molar-refractivity contribution in [3.8, 4) is 11.1 Å². The highest BCUT2D eigenvalue weighted by Gasteiger charge is 2.21. The second-order valence-corrected chi connectivity index (χ2v) is 9.45. The summed E-state index contributed by atoms with van der Waals surface area (Å²) in [5.41, 5.74) is 11.2. The molecule has 3 rings (SSSR count). The highest BCUT2D eigenvalue weighted by atomic mass is 127. The van der Waals surface area contributed by atoms with E-state index in [1.165, 1.54) is 0 Å². The molecule has 0 saturated carbocycles. The first-order valence-corrected chi connectivity index (χ1v) is 13.4. The predicted octanol–water partition coefficient (Wildman–Crippen LogP) is 4.27. The monoisotopic (exact) mass is 589 g/mol. The fourth-order valence-electron chi connectivity index (χ4n) is 3.94. The van der Waals surface area contributed by atoms with Crippen molar-refractivity contribution in [1.82, 2.24) is 4.90 Å². The fraction of sp³-hybridized carbons (Fsp3) is 0.370. The van der Waals surface area contributed by atoms with Crippen LogP contribution < -0.4 is 5.73 Å². The number of hydrogen-bond donors (Lipinski definition) is 2. The van der Waals surface area contributed by atoms with E-state index in [2.05, 4.69) is 27.6 Å². The summed E-state index contributed by atoms with van der Waals surface area (Å²) in [5.74, 6) is 0.0951. The standard InChI is InChI=1S/C27H32IN3O4/c1-2-11-31(12-3-13-32)27(34)23-16-22-9-8-21(17-24(22)30-25(29)18-23)20-6-4-19(5-7-20)15-26(33)35-14-10-28/h4-9,16-17,32H,2-3,10-15,18H2,1H3,(H2,29,30). The molecule has 0 fully saturated rings. The number of aliphatic hydroxyl groups excluding tert-OH is 1. The van der Waals surface area contributed by atoms with Crippen molar-refractivity contribution in [1.29, 1.82) is 0 Å². The number of rotatable bonds is 11. The van der Waals surface area contributed by atoms with E-state index in [4.69, 9.17) is 10.5 Å². The molecule has 1 heterocycles. The van der Waals surface area contributed by atoms with Crippen molar-refractivity contribution in [3.63, 3.8) is 0 Å². The van der Waals surface area contributed by atoms with Gasteiger partial charge in [0.05, 0.1) is 12.1 Å². The minimum absolute atomic E-state index is 0.0470. The number of carbonyl (C=O) groups excluding carboxylic acids is 2. The molecule has 1 aliphatic heterocycles. The summed E-state index contributed by atoms with van der Waals surface area (Å²) in [4.78, 5) is 31.4. The number of alkyl halides is 1. The van der Waals surface area contributed by atoms with Crippen LogP contribution in [0.4, 0.5) is 5.69 Å². The SMILES string of the molecule is CCCN(CCCO)C(=O)C1=Cc2ccc(-c3ccc(CC(=O)OCCI)cc3)cc2N=C(N)C1. The minimum atomic E-state index is -0.227. The Morgan fingerprint density at radius 2 is 1.89 bits per heavy atom. The van der Waals surface area contributed by atoms with Crippen LogP contribution in [0, 0.1) is 0 Å². The van der Waals surface area contributed by atoms with Crippen molar-refractivity contribution in [2.75, 3.05) is 30.7 Å². The molecule has 3 N–H and O–H groups in total. The van der Waals surface area contributed by atoms with Gasteiger partial charge in [0.25, 0.3) is 0 Å². The third-order valence-corrected chi connectivity index (χ3v) is 6.05. The Labute approximate surface area is 220 Å². The Bertz CT molecular complexity index is 1100. The average molecular weight is 589 g/mol. The predicted molar refractivity (Wildman–Crippen MR) is 148 cm³/mol. The van der Waals surface area contributed by atoms with Gasteiger partial charge in [-0.15, -0.1) is 0 Å². The van der Waals surface area contributed by atoms with Crippen LogP contribution >= 0.6 is 22.6 Å². The molecule has 0 aromatic heterocycles. The largest absolute Gasteiger partial charge is 0.465 e. The third-order valence-electron chi connectivity index (χ3n) is 5.61. The minimum Gasteiger partial charge on any atom is -0.465 e. The van der Waals surface area contributed by atoms with Gasteiger partial charge in [-0.05, 0) is 41.7 Å². The number of benzene rings is 2. The molecule has 0 aliphatic carbocycles. The summed E-state index contributed by atoms with van der Waals surface area (Å²) in [6.07, 6.45) is 3.78. The Morgan fingerprint density at radius 1 is 1.14 bits per heavy atom. The van der Waals surface area contributed by atoms with Gasteiger partial charge in [-0.2, -0.15) is 0 Å². The quantitative estimate of drug-likeness (QED) is 0.232. The van der Waals surface area contributed by atoms with Crippen molar-refractivity contribution in [2.45, 2.75) is 32.6 Å². The van der Waals surface area contributed by atoms with Crippen LogP contribution in [0.2, 0.25) is 0 Å². The normalized spacial score (nSPS) is 12.8. The van der Waals surface area contributed by atoms with Crippen molar-refractivity contribution >= 4 is 52.1 Å². The number of fused-ring (bicyclic) bond motifs is 1. The molecule has 2 aromatic carbocycles. The fourth-order valence-corrected chi connectivity index (χ4v) is 4.16. The van der Waals surface area contributed by atoms with E-state index < -0.39 is 0 Å². The zero-order valence-electron chi connectivity index (χ0n) is 20.0. The van der Waals surface area contributed by atoms with Crippen LogP contribution in [-0.2, 0) is 20.7 Å². The number of aliphatic imine (C=N–C) groups is 1. The first-order valence-electron chi connectivity index (χ1n) is 11.8. The number of nitrogens with two attached hydrogens (primary N) is 1. The van der Waals surface area contributed by atoms with Gasteiger partial charge < -0.3 is 20.5 Å². The molecular weight excluding hydrogens is 557 g/mol. The highest BCUT2D eigenvalue weighted by Crippen LogP contribution is 2.32. The lowest BCUT2D eigenvalue weighted by Gasteiger charge is -2.23. The Kier molecular flexibility index (Phi) is 10.3. The van der Waals surface area contributed by atoms with Gasteiger partial charge in [0, 0.05) is 41.7 Å². The number of amidine groups is 1. The number of amides is 1. The molecule has 35 heavy (non-hydrogen) atoms. The van der Waals surface area contributed by atoms with Gasteiger partial charge in [0.1, 0.15) is 12.4 Å². The van der Waals surface area contributed by atoms with E-state index in [1.54, 1.807) is 4.90 Å². The topological polar surface area (TPSA) is 105 Å². The van der Waals surface area contributed by atoms with E-state index >= 15 is 0 Å². The van der Waals surface area contributed by atoms with Crippen molar-refractivity contribution < 1.29 is 19.4 Å². The maximum Gasteiger partial charge on any atom is 0.310 e. The molecule has 1 amide bonds. The zero-order chi connectivity index (χ0) is 25.2. The van der Waals surface area contributed by atoms with Gasteiger partial charge in [-0.1, -0.05) is 65.9 Å². The second kappa shape index (κ2) is 13.4. The van der Waals surface area contributed by atoms with Gasteiger partial charge in [-0.3, -0.25) is 9.59 Å². The third kappa shape index (κ3) is 7.63. The first kappa shape index (κ1) is 26.9. The van der Waals surface area contributed by atoms with Gasteiger partial charge in [-0.25, -0.2) is 4.99 Å². The molecule has 0 saturated heterocycles. The second-order valence-electron chi connectivity index (χ2n) is 8.38. The van der Waals surface area contributed by atoms with Gasteiger partial charge in [0.15, 0.2) is 0 Å². The lowest BCUT2D eigenvalue weighted by molar-refractivity contribution is -0.142. The molecule has 1 aliphatic rings. The lowest BCUT2D eigenvalue weighted by Crippen LogP contribution is -2.35. The Morgan fingerprint density at radius 3 is 2.57 bits per heavy atom. The number of esters is 1. The molecular formula is C27H32IN3O4. The van der Waals surface area contributed by atoms with Crippen molar-refractivity contribution in [3.05, 3.63) is 59.2 Å². The molecule has 0 unspecified atom stereocenters. The van der Waals surface area contributed by atoms with Crippen LogP contribution in [-0.4, -0.2) is 58.4 Å². The number of carbonyl (C=O) groups is 2. The Balaban J connectivity index is 1.81. The molecule has 7 nitrogen and oxygen atoms in total. The molecule has 0 spiro atoms. The number of nitrogens with zero attached hydrogens (tertiary/aromatic N) is 2. The van der Waals surface area contributed by atoms with E-state index in [-0.39, 0.29) is 31.3 Å². The van der Waals surface area contributed by atoms with Crippen LogP contribution in [0.25, 0.3) is 17.2 Å². The number of aliphatic hydroxyl groups is 1. The van der Waals surface area contributed by atoms with Crippen LogP contribution in [0.5, 0.6) is 0 Å². The average Bonchev–Trinajstić information content (AvgIpc) is 3.02. The van der Waals surface area contributed by atoms with E-state index in [1.807, 2.05) is 55.5 Å². The molecule has 8 heteroatoms. The molecule has 186 valence electrons. The molecule has 0 radical (unpaired) electrons. The van der Waals surface area contributed by atoms with Gasteiger partial charge >= 0.3 is 5.97 Å². The van der Waals surface area contributed by atoms with Crippen molar-refractivity contribution in [2.24, 2.45) is 10.7 Å². The lowest BCUT2D eigenvalue weighted by atomic mass is 9.99. The summed E-state index contributed by atoms with van der Waals surface area (Å²) < 4.78 is 5.93. The van der Waals surface area contributed by atoms with Crippen LogP contribution in [0.1, 0.15) is 37.3 Å². The van der Waals surface area contributed by atoms with E-state index in [9.17, 15) is 14.7 Å². The molecule has 0 atom stereocenters. The van der Waals surface area contributed by atoms with E-state index in [0.717, 1.165) is 33.1 Å². The summed E-state index contributed by atoms with van der Waals surface area (Å²) in [7, 11) is 0. The summed E-state index contributed by atoms with van der Waals surface area (Å²) >= 11 is 2.17. The number of hydrogen-bond acceptors (Lipinski definition) is 6.